The molecule has 3 rings (SSSR count). The highest BCUT2D eigenvalue weighted by Crippen LogP contribution is 2.22. The second-order valence-electron chi connectivity index (χ2n) is 9.71. The van der Waals surface area contributed by atoms with E-state index in [-0.39, 0.29) is 30.9 Å². The molecule has 1 aliphatic heterocycles. The highest BCUT2D eigenvalue weighted by molar-refractivity contribution is 7.18. The zero-order valence-electron chi connectivity index (χ0n) is 21.3. The number of morpholine rings is 1. The average molecular weight is 535 g/mol. The number of benzene rings is 1. The Kier molecular flexibility index (Phi) is 10.3. The molecule has 2 heterocycles. The largest absolute Gasteiger partial charge is 0.370 e. The SMILES string of the molecule is CC(C)CN(CC(C)C)[C@@H](CNC(=O)c1ccc(Cl)s1)C(=O)Nc1ccc(N2CCOCC2=O)cc1. The maximum absolute atomic E-state index is 13.5. The van der Waals surface area contributed by atoms with Gasteiger partial charge in [0, 0.05) is 37.6 Å². The Morgan fingerprint density at radius 1 is 1.08 bits per heavy atom. The van der Waals surface area contributed by atoms with E-state index in [0.29, 0.717) is 39.9 Å². The van der Waals surface area contributed by atoms with Crippen molar-refractivity contribution in [1.82, 2.24) is 10.2 Å². The molecule has 1 saturated heterocycles. The van der Waals surface area contributed by atoms with Gasteiger partial charge < -0.3 is 20.3 Å². The number of hydrogen-bond acceptors (Lipinski definition) is 6. The van der Waals surface area contributed by atoms with Crippen molar-refractivity contribution in [2.75, 3.05) is 49.6 Å². The fourth-order valence-corrected chi connectivity index (χ4v) is 5.07. The number of carbonyl (C=O) groups is 3. The number of ether oxygens (including phenoxy) is 1. The fourth-order valence-electron chi connectivity index (χ4n) is 4.11. The first-order valence-corrected chi connectivity index (χ1v) is 13.4. The second-order valence-corrected chi connectivity index (χ2v) is 11.4. The molecule has 2 aromatic rings. The smallest absolute Gasteiger partial charge is 0.261 e. The van der Waals surface area contributed by atoms with Crippen molar-refractivity contribution < 1.29 is 19.1 Å². The molecule has 8 nitrogen and oxygen atoms in total. The van der Waals surface area contributed by atoms with Gasteiger partial charge in [0.25, 0.3) is 11.8 Å². The van der Waals surface area contributed by atoms with Gasteiger partial charge in [0.15, 0.2) is 0 Å². The standard InChI is InChI=1S/C26H35ClN4O4S/c1-17(2)14-30(15-18(3)4)21(13-28-26(34)22-9-10-23(27)36-22)25(33)29-19-5-7-20(8-6-19)31-11-12-35-16-24(31)32/h5-10,17-18,21H,11-16H2,1-4H3,(H,28,34)(H,29,33)/t21-/m0/s1. The molecule has 10 heteroatoms. The summed E-state index contributed by atoms with van der Waals surface area (Å²) in [4.78, 5) is 42.6. The van der Waals surface area contributed by atoms with Gasteiger partial charge >= 0.3 is 0 Å². The van der Waals surface area contributed by atoms with Gasteiger partial charge in [0.05, 0.1) is 15.8 Å². The van der Waals surface area contributed by atoms with E-state index in [2.05, 4.69) is 43.2 Å². The van der Waals surface area contributed by atoms with Crippen LogP contribution in [0.3, 0.4) is 0 Å². The molecular formula is C26H35ClN4O4S. The van der Waals surface area contributed by atoms with E-state index in [1.54, 1.807) is 29.2 Å². The third-order valence-electron chi connectivity index (χ3n) is 5.63. The minimum atomic E-state index is -0.560. The number of halogens is 1. The van der Waals surface area contributed by atoms with Crippen LogP contribution >= 0.6 is 22.9 Å². The van der Waals surface area contributed by atoms with Crippen molar-refractivity contribution in [3.63, 3.8) is 0 Å². The summed E-state index contributed by atoms with van der Waals surface area (Å²) in [6.45, 7) is 11.1. The summed E-state index contributed by atoms with van der Waals surface area (Å²) in [7, 11) is 0. The van der Waals surface area contributed by atoms with Crippen LogP contribution in [-0.2, 0) is 14.3 Å². The molecule has 0 bridgehead atoms. The molecule has 196 valence electrons. The minimum Gasteiger partial charge on any atom is -0.370 e. The molecule has 0 unspecified atom stereocenters. The van der Waals surface area contributed by atoms with Gasteiger partial charge in [-0.1, -0.05) is 39.3 Å². The van der Waals surface area contributed by atoms with Gasteiger partial charge in [0.2, 0.25) is 5.91 Å². The van der Waals surface area contributed by atoms with E-state index < -0.39 is 6.04 Å². The normalized spacial score (nSPS) is 15.0. The Hall–Kier alpha value is -2.46. The van der Waals surface area contributed by atoms with Crippen molar-refractivity contribution in [2.45, 2.75) is 33.7 Å². The van der Waals surface area contributed by atoms with E-state index in [1.165, 1.54) is 11.3 Å². The number of anilines is 2. The molecule has 1 fully saturated rings. The van der Waals surface area contributed by atoms with Crippen molar-refractivity contribution in [2.24, 2.45) is 11.8 Å². The average Bonchev–Trinajstić information content (AvgIpc) is 3.25. The summed E-state index contributed by atoms with van der Waals surface area (Å²) < 4.78 is 5.73. The predicted molar refractivity (Wildman–Crippen MR) is 145 cm³/mol. The molecule has 3 amide bonds. The zero-order valence-corrected chi connectivity index (χ0v) is 22.8. The van der Waals surface area contributed by atoms with E-state index in [0.717, 1.165) is 18.8 Å². The van der Waals surface area contributed by atoms with Crippen molar-refractivity contribution >= 4 is 52.0 Å². The molecule has 2 N–H and O–H groups in total. The van der Waals surface area contributed by atoms with Crippen molar-refractivity contribution in [3.05, 3.63) is 45.6 Å². The van der Waals surface area contributed by atoms with E-state index in [1.807, 2.05) is 12.1 Å². The monoisotopic (exact) mass is 534 g/mol. The summed E-state index contributed by atoms with van der Waals surface area (Å²) in [6.07, 6.45) is 0. The first kappa shape index (κ1) is 28.1. The first-order chi connectivity index (χ1) is 17.1. The Balaban J connectivity index is 1.74. The van der Waals surface area contributed by atoms with Crippen molar-refractivity contribution in [3.8, 4) is 0 Å². The molecule has 0 aliphatic carbocycles. The number of rotatable bonds is 11. The number of carbonyl (C=O) groups excluding carboxylic acids is 3. The van der Waals surface area contributed by atoms with E-state index in [9.17, 15) is 14.4 Å². The lowest BCUT2D eigenvalue weighted by Gasteiger charge is -2.33. The minimum absolute atomic E-state index is 0.0745. The van der Waals surface area contributed by atoms with Crippen LogP contribution in [0.1, 0.15) is 37.4 Å². The van der Waals surface area contributed by atoms with Crippen LogP contribution < -0.4 is 15.5 Å². The number of nitrogens with one attached hydrogen (secondary N) is 2. The highest BCUT2D eigenvalue weighted by atomic mass is 35.5. The second kappa shape index (κ2) is 13.2. The fraction of sp³-hybridized carbons (Fsp3) is 0.500. The zero-order chi connectivity index (χ0) is 26.2. The molecule has 1 aromatic carbocycles. The molecular weight excluding hydrogens is 500 g/mol. The third-order valence-corrected chi connectivity index (χ3v) is 6.86. The van der Waals surface area contributed by atoms with E-state index in [4.69, 9.17) is 16.3 Å². The highest BCUT2D eigenvalue weighted by Gasteiger charge is 2.28. The molecule has 0 saturated carbocycles. The van der Waals surface area contributed by atoms with Crippen LogP contribution in [0, 0.1) is 11.8 Å². The maximum Gasteiger partial charge on any atom is 0.261 e. The maximum atomic E-state index is 13.5. The Labute approximate surface area is 221 Å². The Morgan fingerprint density at radius 2 is 1.75 bits per heavy atom. The van der Waals surface area contributed by atoms with Crippen molar-refractivity contribution in [1.29, 1.82) is 0 Å². The van der Waals surface area contributed by atoms with Crippen LogP contribution in [0.2, 0.25) is 4.34 Å². The Bertz CT molecular complexity index is 1030. The Morgan fingerprint density at radius 3 is 2.31 bits per heavy atom. The molecule has 0 spiro atoms. The van der Waals surface area contributed by atoms with Crippen LogP contribution in [0.15, 0.2) is 36.4 Å². The van der Waals surface area contributed by atoms with Crippen LogP contribution in [0.25, 0.3) is 0 Å². The first-order valence-electron chi connectivity index (χ1n) is 12.2. The molecule has 36 heavy (non-hydrogen) atoms. The lowest BCUT2D eigenvalue weighted by Crippen LogP contribution is -2.52. The third kappa shape index (κ3) is 8.03. The van der Waals surface area contributed by atoms with Crippen LogP contribution in [-0.4, -0.2) is 68.1 Å². The number of hydrogen-bond donors (Lipinski definition) is 2. The van der Waals surface area contributed by atoms with E-state index >= 15 is 0 Å². The summed E-state index contributed by atoms with van der Waals surface area (Å²) in [5.41, 5.74) is 1.39. The molecule has 1 atom stereocenters. The van der Waals surface area contributed by atoms with Gasteiger partial charge in [0.1, 0.15) is 12.6 Å². The van der Waals surface area contributed by atoms with Gasteiger partial charge in [-0.2, -0.15) is 0 Å². The number of amides is 3. The van der Waals surface area contributed by atoms with Crippen LogP contribution in [0.4, 0.5) is 11.4 Å². The quantitative estimate of drug-likeness (QED) is 0.452. The predicted octanol–water partition coefficient (Wildman–Crippen LogP) is 4.12. The molecule has 0 radical (unpaired) electrons. The number of nitrogens with zero attached hydrogens (tertiary/aromatic N) is 2. The topological polar surface area (TPSA) is 91.0 Å². The summed E-state index contributed by atoms with van der Waals surface area (Å²) >= 11 is 7.18. The molecule has 1 aliphatic rings. The number of thiophene rings is 1. The van der Waals surface area contributed by atoms with Gasteiger partial charge in [-0.05, 0) is 48.2 Å². The summed E-state index contributed by atoms with van der Waals surface area (Å²) in [5, 5.41) is 5.92. The molecule has 1 aromatic heterocycles. The lowest BCUT2D eigenvalue weighted by atomic mass is 10.1. The van der Waals surface area contributed by atoms with Crippen LogP contribution in [0.5, 0.6) is 0 Å². The summed E-state index contributed by atoms with van der Waals surface area (Å²) in [6, 6.07) is 10.0. The van der Waals surface area contributed by atoms with Gasteiger partial charge in [-0.15, -0.1) is 11.3 Å². The lowest BCUT2D eigenvalue weighted by molar-refractivity contribution is -0.125. The van der Waals surface area contributed by atoms with Gasteiger partial charge in [-0.25, -0.2) is 0 Å². The summed E-state index contributed by atoms with van der Waals surface area (Å²) in [5.74, 6) is 0.153. The van der Waals surface area contributed by atoms with Gasteiger partial charge in [-0.3, -0.25) is 19.3 Å².